The van der Waals surface area contributed by atoms with Gasteiger partial charge in [0.15, 0.2) is 0 Å². The smallest absolute Gasteiger partial charge is 0.321 e. The average molecular weight is 501 g/mol. The van der Waals surface area contributed by atoms with Gasteiger partial charge in [0.1, 0.15) is 5.82 Å². The van der Waals surface area contributed by atoms with Gasteiger partial charge in [-0.1, -0.05) is 41.9 Å². The molecule has 0 aliphatic carbocycles. The minimum Gasteiger partial charge on any atom is -0.321 e. The van der Waals surface area contributed by atoms with Crippen LogP contribution in [0.3, 0.4) is 0 Å². The van der Waals surface area contributed by atoms with E-state index in [4.69, 9.17) is 11.6 Å². The standard InChI is InChI=1S/C22H17ClF4N2O3S/c23-15-6-9-20(18(12-15)22(25,26)27)29-21(30)17-13-16(7-8-19(17)24)33(31,32)28-11-10-14-4-2-1-3-5-14/h1-9,12-13,28H,10-11H2,(H,29,30). The minimum atomic E-state index is -4.83. The molecule has 0 heterocycles. The van der Waals surface area contributed by atoms with E-state index in [9.17, 15) is 30.8 Å². The molecule has 0 unspecified atom stereocenters. The number of alkyl halides is 3. The van der Waals surface area contributed by atoms with Gasteiger partial charge in [-0.3, -0.25) is 4.79 Å². The summed E-state index contributed by atoms with van der Waals surface area (Å²) in [6.07, 6.45) is -4.44. The van der Waals surface area contributed by atoms with Gasteiger partial charge < -0.3 is 5.32 Å². The van der Waals surface area contributed by atoms with E-state index in [0.29, 0.717) is 12.5 Å². The Bertz CT molecular complexity index is 1270. The Morgan fingerprint density at radius 2 is 1.67 bits per heavy atom. The van der Waals surface area contributed by atoms with E-state index < -0.39 is 49.6 Å². The lowest BCUT2D eigenvalue weighted by molar-refractivity contribution is -0.136. The molecule has 11 heteroatoms. The number of rotatable bonds is 7. The topological polar surface area (TPSA) is 75.3 Å². The first-order valence-electron chi connectivity index (χ1n) is 9.48. The first-order valence-corrected chi connectivity index (χ1v) is 11.3. The minimum absolute atomic E-state index is 0.0466. The molecule has 0 radical (unpaired) electrons. The Morgan fingerprint density at radius 3 is 2.33 bits per heavy atom. The third-order valence-electron chi connectivity index (χ3n) is 4.58. The quantitative estimate of drug-likeness (QED) is 0.434. The van der Waals surface area contributed by atoms with Crippen molar-refractivity contribution in [3.63, 3.8) is 0 Å². The maximum atomic E-state index is 14.3. The Hall–Kier alpha value is -2.95. The largest absolute Gasteiger partial charge is 0.418 e. The SMILES string of the molecule is O=C(Nc1ccc(Cl)cc1C(F)(F)F)c1cc(S(=O)(=O)NCCc2ccccc2)ccc1F. The van der Waals surface area contributed by atoms with E-state index in [1.807, 2.05) is 23.5 Å². The number of carbonyl (C=O) groups is 1. The number of halogens is 5. The van der Waals surface area contributed by atoms with Crippen LogP contribution < -0.4 is 10.0 Å². The van der Waals surface area contributed by atoms with Gasteiger partial charge in [-0.15, -0.1) is 0 Å². The first-order chi connectivity index (χ1) is 15.5. The molecule has 174 valence electrons. The van der Waals surface area contributed by atoms with E-state index in [-0.39, 0.29) is 11.6 Å². The summed E-state index contributed by atoms with van der Waals surface area (Å²) in [4.78, 5) is 12.1. The van der Waals surface area contributed by atoms with Crippen molar-refractivity contribution in [1.29, 1.82) is 0 Å². The Morgan fingerprint density at radius 1 is 0.970 bits per heavy atom. The van der Waals surface area contributed by atoms with Crippen LogP contribution in [-0.2, 0) is 22.6 Å². The molecule has 0 saturated heterocycles. The summed E-state index contributed by atoms with van der Waals surface area (Å²) in [5.74, 6) is -2.35. The van der Waals surface area contributed by atoms with Crippen LogP contribution in [0.25, 0.3) is 0 Å². The molecule has 33 heavy (non-hydrogen) atoms. The highest BCUT2D eigenvalue weighted by atomic mass is 35.5. The lowest BCUT2D eigenvalue weighted by Gasteiger charge is -2.15. The second kappa shape index (κ2) is 9.90. The molecule has 3 aromatic rings. The van der Waals surface area contributed by atoms with Gasteiger partial charge in [0.25, 0.3) is 5.91 Å². The second-order valence-electron chi connectivity index (χ2n) is 6.92. The van der Waals surface area contributed by atoms with Crippen LogP contribution in [0, 0.1) is 5.82 Å². The van der Waals surface area contributed by atoms with E-state index >= 15 is 0 Å². The zero-order valence-electron chi connectivity index (χ0n) is 16.8. The third kappa shape index (κ3) is 6.31. The zero-order valence-corrected chi connectivity index (χ0v) is 18.4. The van der Waals surface area contributed by atoms with Crippen molar-refractivity contribution in [2.45, 2.75) is 17.5 Å². The zero-order chi connectivity index (χ0) is 24.2. The third-order valence-corrected chi connectivity index (χ3v) is 6.27. The highest BCUT2D eigenvalue weighted by molar-refractivity contribution is 7.89. The highest BCUT2D eigenvalue weighted by Gasteiger charge is 2.34. The Balaban J connectivity index is 1.80. The maximum absolute atomic E-state index is 14.3. The van der Waals surface area contributed by atoms with Gasteiger partial charge in [-0.2, -0.15) is 13.2 Å². The molecule has 2 N–H and O–H groups in total. The summed E-state index contributed by atoms with van der Waals surface area (Å²) in [6, 6.07) is 14.2. The average Bonchev–Trinajstić information content (AvgIpc) is 2.75. The van der Waals surface area contributed by atoms with Crippen LogP contribution in [0.5, 0.6) is 0 Å². The van der Waals surface area contributed by atoms with E-state index in [0.717, 1.165) is 35.9 Å². The van der Waals surface area contributed by atoms with Crippen molar-refractivity contribution in [3.8, 4) is 0 Å². The Kier molecular flexibility index (Phi) is 7.41. The predicted octanol–water partition coefficient (Wildman–Crippen LogP) is 5.27. The number of amides is 1. The van der Waals surface area contributed by atoms with Crippen LogP contribution >= 0.6 is 11.6 Å². The summed E-state index contributed by atoms with van der Waals surface area (Å²) in [6.45, 7) is 0.0466. The molecule has 0 aliphatic rings. The number of anilines is 1. The van der Waals surface area contributed by atoms with Crippen LogP contribution in [0.1, 0.15) is 21.5 Å². The molecule has 3 aromatic carbocycles. The molecule has 0 aromatic heterocycles. The van der Waals surface area contributed by atoms with Crippen molar-refractivity contribution < 1.29 is 30.8 Å². The second-order valence-corrected chi connectivity index (χ2v) is 9.12. The van der Waals surface area contributed by atoms with Crippen molar-refractivity contribution in [1.82, 2.24) is 4.72 Å². The van der Waals surface area contributed by atoms with Gasteiger partial charge in [0.05, 0.1) is 21.7 Å². The molecule has 0 bridgehead atoms. The molecule has 0 spiro atoms. The summed E-state index contributed by atoms with van der Waals surface area (Å²) in [5, 5.41) is 1.76. The van der Waals surface area contributed by atoms with Crippen molar-refractivity contribution in [3.05, 3.63) is 94.3 Å². The fraction of sp³-hybridized carbons (Fsp3) is 0.136. The number of nitrogens with one attached hydrogen (secondary N) is 2. The van der Waals surface area contributed by atoms with E-state index in [2.05, 4.69) is 4.72 Å². The van der Waals surface area contributed by atoms with Gasteiger partial charge in [-0.25, -0.2) is 17.5 Å². The molecule has 0 saturated carbocycles. The van der Waals surface area contributed by atoms with Crippen LogP contribution in [0.4, 0.5) is 23.2 Å². The number of carbonyl (C=O) groups excluding carboxylic acids is 1. The molecule has 1 amide bonds. The van der Waals surface area contributed by atoms with Crippen molar-refractivity contribution in [2.24, 2.45) is 0 Å². The number of benzene rings is 3. The molecule has 0 atom stereocenters. The summed E-state index contributed by atoms with van der Waals surface area (Å²) < 4.78 is 81.5. The molecule has 0 fully saturated rings. The summed E-state index contributed by atoms with van der Waals surface area (Å²) >= 11 is 5.61. The fourth-order valence-corrected chi connectivity index (χ4v) is 4.18. The number of hydrogen-bond acceptors (Lipinski definition) is 3. The van der Waals surface area contributed by atoms with Crippen LogP contribution in [0.15, 0.2) is 71.6 Å². The first kappa shape index (κ1) is 24.7. The van der Waals surface area contributed by atoms with E-state index in [1.54, 1.807) is 12.1 Å². The molecule has 0 aliphatic heterocycles. The maximum Gasteiger partial charge on any atom is 0.418 e. The van der Waals surface area contributed by atoms with Gasteiger partial charge in [0.2, 0.25) is 10.0 Å². The highest BCUT2D eigenvalue weighted by Crippen LogP contribution is 2.36. The monoisotopic (exact) mass is 500 g/mol. The van der Waals surface area contributed by atoms with Gasteiger partial charge in [-0.05, 0) is 48.4 Å². The molecular formula is C22H17ClF4N2O3S. The van der Waals surface area contributed by atoms with Crippen LogP contribution in [-0.4, -0.2) is 20.9 Å². The summed E-state index contributed by atoms with van der Waals surface area (Å²) in [5.41, 5.74) is -1.72. The summed E-state index contributed by atoms with van der Waals surface area (Å²) in [7, 11) is -4.11. The molecular weight excluding hydrogens is 484 g/mol. The lowest BCUT2D eigenvalue weighted by atomic mass is 10.1. The van der Waals surface area contributed by atoms with Crippen LogP contribution in [0.2, 0.25) is 5.02 Å². The predicted molar refractivity (Wildman–Crippen MR) is 116 cm³/mol. The lowest BCUT2D eigenvalue weighted by Crippen LogP contribution is -2.26. The Labute approximate surface area is 192 Å². The van der Waals surface area contributed by atoms with Gasteiger partial charge >= 0.3 is 6.18 Å². The number of sulfonamides is 1. The number of hydrogen-bond donors (Lipinski definition) is 2. The molecule has 5 nitrogen and oxygen atoms in total. The van der Waals surface area contributed by atoms with Crippen molar-refractivity contribution >= 4 is 33.2 Å². The van der Waals surface area contributed by atoms with Gasteiger partial charge in [0, 0.05) is 11.6 Å². The van der Waals surface area contributed by atoms with E-state index in [1.165, 1.54) is 0 Å². The molecule has 3 rings (SSSR count). The normalized spacial score (nSPS) is 11.9. The van der Waals surface area contributed by atoms with Crippen molar-refractivity contribution in [2.75, 3.05) is 11.9 Å². The fourth-order valence-electron chi connectivity index (χ4n) is 2.95.